The van der Waals surface area contributed by atoms with Gasteiger partial charge in [-0.25, -0.2) is 0 Å². The number of likely N-dealkylation sites (tertiary alicyclic amines) is 2. The summed E-state index contributed by atoms with van der Waals surface area (Å²) in [7, 11) is 0. The van der Waals surface area contributed by atoms with Crippen molar-refractivity contribution >= 4 is 11.6 Å². The zero-order valence-corrected chi connectivity index (χ0v) is 16.1. The van der Waals surface area contributed by atoms with E-state index in [0.717, 1.165) is 71.7 Å². The summed E-state index contributed by atoms with van der Waals surface area (Å²) in [5, 5.41) is 9.23. The molecule has 0 unspecified atom stereocenters. The van der Waals surface area contributed by atoms with Gasteiger partial charge < -0.3 is 19.6 Å². The third-order valence-corrected chi connectivity index (χ3v) is 6.32. The molecule has 0 radical (unpaired) electrons. The van der Waals surface area contributed by atoms with Crippen molar-refractivity contribution in [2.45, 2.75) is 25.8 Å². The summed E-state index contributed by atoms with van der Waals surface area (Å²) in [6.07, 6.45) is 2.97. The second kappa shape index (κ2) is 8.17. The minimum atomic E-state index is -0.227. The molecule has 0 aliphatic carbocycles. The fourth-order valence-electron chi connectivity index (χ4n) is 4.89. The number of benzene rings is 1. The number of ether oxygens (including phenoxy) is 1. The summed E-state index contributed by atoms with van der Waals surface area (Å²) < 4.78 is 5.46. The van der Waals surface area contributed by atoms with Crippen LogP contribution < -0.4 is 4.90 Å². The lowest BCUT2D eigenvalue weighted by atomic mass is 9.78. The molecule has 27 heavy (non-hydrogen) atoms. The van der Waals surface area contributed by atoms with Crippen LogP contribution in [0.2, 0.25) is 0 Å². The Labute approximate surface area is 161 Å². The van der Waals surface area contributed by atoms with Crippen LogP contribution in [0.4, 0.5) is 5.69 Å². The largest absolute Gasteiger partial charge is 0.395 e. The maximum Gasteiger partial charge on any atom is 0.230 e. The van der Waals surface area contributed by atoms with Crippen LogP contribution in [-0.4, -0.2) is 79.9 Å². The van der Waals surface area contributed by atoms with E-state index < -0.39 is 0 Å². The monoisotopic (exact) mass is 373 g/mol. The van der Waals surface area contributed by atoms with E-state index in [1.807, 2.05) is 4.90 Å². The molecule has 0 bridgehead atoms. The van der Waals surface area contributed by atoms with Crippen LogP contribution in [0.25, 0.3) is 0 Å². The maximum absolute atomic E-state index is 13.0. The van der Waals surface area contributed by atoms with Crippen molar-refractivity contribution in [1.82, 2.24) is 9.80 Å². The van der Waals surface area contributed by atoms with E-state index in [2.05, 4.69) is 34.1 Å². The van der Waals surface area contributed by atoms with Gasteiger partial charge in [0.2, 0.25) is 5.91 Å². The topological polar surface area (TPSA) is 56.3 Å². The zero-order valence-electron chi connectivity index (χ0n) is 16.1. The van der Waals surface area contributed by atoms with Crippen molar-refractivity contribution in [2.24, 2.45) is 5.41 Å². The van der Waals surface area contributed by atoms with Gasteiger partial charge in [0.25, 0.3) is 0 Å². The van der Waals surface area contributed by atoms with Gasteiger partial charge in [-0.05, 0) is 43.5 Å². The van der Waals surface area contributed by atoms with Gasteiger partial charge in [0, 0.05) is 45.0 Å². The highest BCUT2D eigenvalue weighted by atomic mass is 16.5. The predicted molar refractivity (Wildman–Crippen MR) is 105 cm³/mol. The number of anilines is 1. The molecule has 3 saturated heterocycles. The first-order valence-corrected chi connectivity index (χ1v) is 10.2. The summed E-state index contributed by atoms with van der Waals surface area (Å²) in [4.78, 5) is 19.6. The van der Waals surface area contributed by atoms with Crippen LogP contribution in [0, 0.1) is 5.41 Å². The van der Waals surface area contributed by atoms with Gasteiger partial charge >= 0.3 is 0 Å². The van der Waals surface area contributed by atoms with Crippen LogP contribution in [0.1, 0.15) is 24.8 Å². The Kier molecular flexibility index (Phi) is 5.66. The van der Waals surface area contributed by atoms with Gasteiger partial charge in [-0.2, -0.15) is 0 Å². The van der Waals surface area contributed by atoms with Crippen molar-refractivity contribution in [3.63, 3.8) is 0 Å². The lowest BCUT2D eigenvalue weighted by molar-refractivity contribution is -0.146. The Hall–Kier alpha value is -1.63. The highest BCUT2D eigenvalue weighted by Crippen LogP contribution is 2.40. The molecule has 3 aliphatic heterocycles. The lowest BCUT2D eigenvalue weighted by Crippen LogP contribution is -2.50. The number of nitrogens with zero attached hydrogens (tertiary/aromatic N) is 3. The quantitative estimate of drug-likeness (QED) is 0.844. The number of piperidine rings is 1. The Morgan fingerprint density at radius 3 is 2.78 bits per heavy atom. The van der Waals surface area contributed by atoms with E-state index in [4.69, 9.17) is 4.74 Å². The van der Waals surface area contributed by atoms with Gasteiger partial charge in [0.15, 0.2) is 0 Å². The second-order valence-electron chi connectivity index (χ2n) is 8.13. The van der Waals surface area contributed by atoms with Crippen molar-refractivity contribution in [2.75, 3.05) is 64.0 Å². The average molecular weight is 373 g/mol. The molecule has 6 nitrogen and oxygen atoms in total. The average Bonchev–Trinajstić information content (AvgIpc) is 3.10. The molecule has 1 aromatic rings. The Balaban J connectivity index is 1.40. The molecule has 6 heteroatoms. The van der Waals surface area contributed by atoms with Crippen molar-refractivity contribution in [1.29, 1.82) is 0 Å². The normalized spacial score (nSPS) is 26.9. The molecule has 0 aromatic heterocycles. The SMILES string of the molecule is O=C1N(CCO)CCC[C@@]12CCN(Cc1cccc(N3CCOCC3)c1)C2. The molecule has 1 aromatic carbocycles. The number of β-amino-alcohol motifs (C(OH)–C–C–N with tert-alkyl or cyclic N) is 1. The van der Waals surface area contributed by atoms with E-state index in [9.17, 15) is 9.90 Å². The summed E-state index contributed by atoms with van der Waals surface area (Å²) in [5.41, 5.74) is 2.36. The van der Waals surface area contributed by atoms with E-state index in [1.54, 1.807) is 0 Å². The summed E-state index contributed by atoms with van der Waals surface area (Å²) >= 11 is 0. The van der Waals surface area contributed by atoms with E-state index in [0.29, 0.717) is 6.54 Å². The number of rotatable bonds is 5. The first-order chi connectivity index (χ1) is 13.2. The third kappa shape index (κ3) is 3.98. The maximum atomic E-state index is 13.0. The molecule has 1 N–H and O–H groups in total. The number of amides is 1. The highest BCUT2D eigenvalue weighted by Gasteiger charge is 2.47. The number of aliphatic hydroxyl groups excluding tert-OH is 1. The smallest absolute Gasteiger partial charge is 0.230 e. The minimum Gasteiger partial charge on any atom is -0.395 e. The molecule has 4 rings (SSSR count). The van der Waals surface area contributed by atoms with Gasteiger partial charge in [0.1, 0.15) is 0 Å². The van der Waals surface area contributed by atoms with Crippen LogP contribution in [-0.2, 0) is 16.1 Å². The molecule has 3 aliphatic rings. The van der Waals surface area contributed by atoms with Crippen LogP contribution in [0.3, 0.4) is 0 Å². The van der Waals surface area contributed by atoms with Crippen LogP contribution in [0.5, 0.6) is 0 Å². The fourth-order valence-corrected chi connectivity index (χ4v) is 4.89. The Morgan fingerprint density at radius 1 is 1.11 bits per heavy atom. The molecule has 1 atom stereocenters. The number of aliphatic hydroxyl groups is 1. The zero-order chi connectivity index (χ0) is 18.7. The number of carbonyl (C=O) groups excluding carboxylic acids is 1. The molecular weight excluding hydrogens is 342 g/mol. The summed E-state index contributed by atoms with van der Waals surface area (Å²) in [6.45, 7) is 7.53. The second-order valence-corrected chi connectivity index (χ2v) is 8.13. The van der Waals surface area contributed by atoms with Gasteiger partial charge in [-0.15, -0.1) is 0 Å². The lowest BCUT2D eigenvalue weighted by Gasteiger charge is -2.39. The Morgan fingerprint density at radius 2 is 1.96 bits per heavy atom. The van der Waals surface area contributed by atoms with Gasteiger partial charge in [-0.1, -0.05) is 12.1 Å². The summed E-state index contributed by atoms with van der Waals surface area (Å²) in [5.74, 6) is 0.257. The number of hydrogen-bond acceptors (Lipinski definition) is 5. The van der Waals surface area contributed by atoms with Crippen LogP contribution in [0.15, 0.2) is 24.3 Å². The molecule has 1 amide bonds. The van der Waals surface area contributed by atoms with E-state index in [-0.39, 0.29) is 17.9 Å². The van der Waals surface area contributed by atoms with Gasteiger partial charge in [-0.3, -0.25) is 9.69 Å². The van der Waals surface area contributed by atoms with Crippen molar-refractivity contribution in [3.05, 3.63) is 29.8 Å². The van der Waals surface area contributed by atoms with Gasteiger partial charge in [0.05, 0.1) is 25.2 Å². The predicted octanol–water partition coefficient (Wildman–Crippen LogP) is 1.33. The number of hydrogen-bond donors (Lipinski definition) is 1. The van der Waals surface area contributed by atoms with E-state index >= 15 is 0 Å². The number of carbonyl (C=O) groups is 1. The van der Waals surface area contributed by atoms with E-state index in [1.165, 1.54) is 11.3 Å². The summed E-state index contributed by atoms with van der Waals surface area (Å²) in [6, 6.07) is 8.80. The number of morpholine rings is 1. The highest BCUT2D eigenvalue weighted by molar-refractivity contribution is 5.84. The fraction of sp³-hybridized carbons (Fsp3) is 0.667. The first-order valence-electron chi connectivity index (χ1n) is 10.2. The molecule has 1 spiro atoms. The minimum absolute atomic E-state index is 0.0554. The molecule has 3 fully saturated rings. The van der Waals surface area contributed by atoms with Crippen molar-refractivity contribution in [3.8, 4) is 0 Å². The standard InChI is InChI=1S/C21H31N3O3/c25-12-9-24-7-2-5-21(20(24)26)6-8-22(17-21)16-18-3-1-4-19(15-18)23-10-13-27-14-11-23/h1,3-4,15,25H,2,5-14,16-17H2/t21-/m0/s1. The first kappa shape index (κ1) is 18.7. The molecule has 0 saturated carbocycles. The Bertz CT molecular complexity index is 660. The van der Waals surface area contributed by atoms with Crippen LogP contribution >= 0.6 is 0 Å². The molecule has 3 heterocycles. The van der Waals surface area contributed by atoms with Crippen molar-refractivity contribution < 1.29 is 14.6 Å². The molecular formula is C21H31N3O3. The third-order valence-electron chi connectivity index (χ3n) is 6.32. The molecule has 148 valence electrons.